The zero-order valence-corrected chi connectivity index (χ0v) is 6.37. The van der Waals surface area contributed by atoms with Crippen LogP contribution in [0.4, 0.5) is 5.69 Å². The van der Waals surface area contributed by atoms with E-state index in [0.717, 1.165) is 5.69 Å². The minimum absolute atomic E-state index is 0.239. The Kier molecular flexibility index (Phi) is 2.66. The Labute approximate surface area is 66.2 Å². The van der Waals surface area contributed by atoms with E-state index in [1.54, 1.807) is 6.92 Å². The minimum atomic E-state index is -0.239. The molecule has 11 heavy (non-hydrogen) atoms. The van der Waals surface area contributed by atoms with Gasteiger partial charge >= 0.3 is 0 Å². The Bertz CT molecular complexity index is 220. The van der Waals surface area contributed by atoms with Gasteiger partial charge in [0.1, 0.15) is 0 Å². The SMILES string of the molecule is C[C@@H]([C]=O)Nc1ccccc1. The van der Waals surface area contributed by atoms with E-state index in [-0.39, 0.29) is 6.04 Å². The zero-order valence-electron chi connectivity index (χ0n) is 6.37. The van der Waals surface area contributed by atoms with E-state index >= 15 is 0 Å². The van der Waals surface area contributed by atoms with Crippen LogP contribution in [0.15, 0.2) is 30.3 Å². The predicted octanol–water partition coefficient (Wildman–Crippen LogP) is 1.60. The molecule has 2 nitrogen and oxygen atoms in total. The van der Waals surface area contributed by atoms with E-state index in [2.05, 4.69) is 5.32 Å². The Morgan fingerprint density at radius 2 is 2.00 bits per heavy atom. The number of para-hydroxylation sites is 1. The molecule has 1 radical (unpaired) electrons. The molecule has 1 N–H and O–H groups in total. The molecule has 1 rings (SSSR count). The Morgan fingerprint density at radius 3 is 2.55 bits per heavy atom. The van der Waals surface area contributed by atoms with E-state index in [9.17, 15) is 4.79 Å². The molecule has 1 aromatic carbocycles. The standard InChI is InChI=1S/C9H10NO/c1-8(7-11)10-9-5-3-2-4-6-9/h2-6,8,10H,1H3/t8-/m0/s1. The maximum absolute atomic E-state index is 10.1. The van der Waals surface area contributed by atoms with Crippen molar-refractivity contribution in [1.82, 2.24) is 0 Å². The van der Waals surface area contributed by atoms with Crippen molar-refractivity contribution in [2.24, 2.45) is 0 Å². The maximum Gasteiger partial charge on any atom is 0.222 e. The normalized spacial score (nSPS) is 12.1. The van der Waals surface area contributed by atoms with Crippen LogP contribution in [0.3, 0.4) is 0 Å². The van der Waals surface area contributed by atoms with Crippen molar-refractivity contribution in [1.29, 1.82) is 0 Å². The monoisotopic (exact) mass is 148 g/mol. The topological polar surface area (TPSA) is 29.1 Å². The summed E-state index contributed by atoms with van der Waals surface area (Å²) in [6.45, 7) is 1.76. The fraction of sp³-hybridized carbons (Fsp3) is 0.222. The van der Waals surface area contributed by atoms with E-state index < -0.39 is 0 Å². The lowest BCUT2D eigenvalue weighted by atomic mass is 10.3. The van der Waals surface area contributed by atoms with Crippen LogP contribution in [0.1, 0.15) is 6.92 Å². The Hall–Kier alpha value is -1.31. The lowest BCUT2D eigenvalue weighted by molar-refractivity contribution is 0.549. The summed E-state index contributed by atoms with van der Waals surface area (Å²) < 4.78 is 0. The quantitative estimate of drug-likeness (QED) is 0.705. The second kappa shape index (κ2) is 3.76. The van der Waals surface area contributed by atoms with Crippen LogP contribution in [0.25, 0.3) is 0 Å². The van der Waals surface area contributed by atoms with Gasteiger partial charge in [0.05, 0.1) is 6.04 Å². The molecule has 0 saturated heterocycles. The van der Waals surface area contributed by atoms with Gasteiger partial charge in [-0.05, 0) is 19.1 Å². The van der Waals surface area contributed by atoms with Gasteiger partial charge in [-0.3, -0.25) is 4.79 Å². The molecule has 0 heterocycles. The van der Waals surface area contributed by atoms with Gasteiger partial charge in [0.25, 0.3) is 0 Å². The van der Waals surface area contributed by atoms with Crippen molar-refractivity contribution >= 4 is 12.0 Å². The number of hydrogen-bond acceptors (Lipinski definition) is 2. The van der Waals surface area contributed by atoms with Gasteiger partial charge in [0.2, 0.25) is 6.29 Å². The van der Waals surface area contributed by atoms with Crippen molar-refractivity contribution < 1.29 is 4.79 Å². The first-order valence-electron chi connectivity index (χ1n) is 3.52. The summed E-state index contributed by atoms with van der Waals surface area (Å²) in [5.41, 5.74) is 0.948. The summed E-state index contributed by atoms with van der Waals surface area (Å²) in [5.74, 6) is 0. The highest BCUT2D eigenvalue weighted by molar-refractivity contribution is 5.64. The summed E-state index contributed by atoms with van der Waals surface area (Å²) in [6, 6.07) is 9.35. The third-order valence-electron chi connectivity index (χ3n) is 1.33. The Balaban J connectivity index is 2.57. The Morgan fingerprint density at radius 1 is 1.36 bits per heavy atom. The van der Waals surface area contributed by atoms with Crippen LogP contribution in [-0.2, 0) is 4.79 Å². The average Bonchev–Trinajstić information content (AvgIpc) is 2.06. The van der Waals surface area contributed by atoms with Crippen molar-refractivity contribution in [2.75, 3.05) is 5.32 Å². The number of nitrogens with one attached hydrogen (secondary N) is 1. The largest absolute Gasteiger partial charge is 0.375 e. The summed E-state index contributed by atoms with van der Waals surface area (Å²) in [7, 11) is 0. The van der Waals surface area contributed by atoms with Gasteiger partial charge < -0.3 is 5.32 Å². The summed E-state index contributed by atoms with van der Waals surface area (Å²) in [6.07, 6.45) is 1.85. The van der Waals surface area contributed by atoms with Crippen LogP contribution in [0.2, 0.25) is 0 Å². The van der Waals surface area contributed by atoms with Gasteiger partial charge in [-0.2, -0.15) is 0 Å². The van der Waals surface area contributed by atoms with Gasteiger partial charge in [0.15, 0.2) is 0 Å². The molecule has 0 aliphatic heterocycles. The fourth-order valence-corrected chi connectivity index (χ4v) is 0.814. The van der Waals surface area contributed by atoms with Gasteiger partial charge in [-0.1, -0.05) is 18.2 Å². The molecule has 0 unspecified atom stereocenters. The van der Waals surface area contributed by atoms with Crippen LogP contribution >= 0.6 is 0 Å². The first-order valence-corrected chi connectivity index (χ1v) is 3.52. The van der Waals surface area contributed by atoms with Gasteiger partial charge in [-0.25, -0.2) is 0 Å². The number of hydrogen-bond donors (Lipinski definition) is 1. The second-order valence-corrected chi connectivity index (χ2v) is 2.35. The molecule has 0 aromatic heterocycles. The smallest absolute Gasteiger partial charge is 0.222 e. The third-order valence-corrected chi connectivity index (χ3v) is 1.33. The van der Waals surface area contributed by atoms with Crippen LogP contribution in [0.5, 0.6) is 0 Å². The molecule has 1 atom stereocenters. The van der Waals surface area contributed by atoms with Crippen molar-refractivity contribution in [3.05, 3.63) is 30.3 Å². The summed E-state index contributed by atoms with van der Waals surface area (Å²) >= 11 is 0. The number of anilines is 1. The van der Waals surface area contributed by atoms with Crippen molar-refractivity contribution in [3.8, 4) is 0 Å². The molecule has 2 heteroatoms. The molecule has 0 bridgehead atoms. The van der Waals surface area contributed by atoms with Crippen LogP contribution in [0, 0.1) is 0 Å². The average molecular weight is 148 g/mol. The summed E-state index contributed by atoms with van der Waals surface area (Å²) in [4.78, 5) is 10.1. The highest BCUT2D eigenvalue weighted by atomic mass is 16.1. The molecule has 0 amide bonds. The van der Waals surface area contributed by atoms with E-state index in [4.69, 9.17) is 0 Å². The molecule has 0 saturated carbocycles. The van der Waals surface area contributed by atoms with E-state index in [1.165, 1.54) is 0 Å². The van der Waals surface area contributed by atoms with E-state index in [0.29, 0.717) is 0 Å². The molecular weight excluding hydrogens is 138 g/mol. The third kappa shape index (κ3) is 2.42. The molecular formula is C9H10NO. The van der Waals surface area contributed by atoms with Gasteiger partial charge in [0, 0.05) is 5.69 Å². The van der Waals surface area contributed by atoms with Crippen LogP contribution in [-0.4, -0.2) is 12.3 Å². The molecule has 0 aliphatic rings. The molecule has 0 spiro atoms. The second-order valence-electron chi connectivity index (χ2n) is 2.35. The fourth-order valence-electron chi connectivity index (χ4n) is 0.814. The van der Waals surface area contributed by atoms with Crippen molar-refractivity contribution in [3.63, 3.8) is 0 Å². The molecule has 57 valence electrons. The van der Waals surface area contributed by atoms with Crippen LogP contribution < -0.4 is 5.32 Å². The number of carbonyl (C=O) groups excluding carboxylic acids is 1. The number of benzene rings is 1. The predicted molar refractivity (Wildman–Crippen MR) is 45.2 cm³/mol. The maximum atomic E-state index is 10.1. The molecule has 0 aliphatic carbocycles. The van der Waals surface area contributed by atoms with E-state index in [1.807, 2.05) is 36.6 Å². The summed E-state index contributed by atoms with van der Waals surface area (Å²) in [5, 5.41) is 2.97. The first-order chi connectivity index (χ1) is 5.33. The van der Waals surface area contributed by atoms with Crippen molar-refractivity contribution in [2.45, 2.75) is 13.0 Å². The highest BCUT2D eigenvalue weighted by Gasteiger charge is 1.97. The molecule has 0 fully saturated rings. The minimum Gasteiger partial charge on any atom is -0.375 e. The lowest BCUT2D eigenvalue weighted by Crippen LogP contribution is -2.15. The first kappa shape index (κ1) is 7.79. The zero-order chi connectivity index (χ0) is 8.10. The lowest BCUT2D eigenvalue weighted by Gasteiger charge is -2.06. The molecule has 1 aromatic rings. The number of rotatable bonds is 3. The van der Waals surface area contributed by atoms with Gasteiger partial charge in [-0.15, -0.1) is 0 Å². The highest BCUT2D eigenvalue weighted by Crippen LogP contribution is 2.05.